The summed E-state index contributed by atoms with van der Waals surface area (Å²) in [5, 5.41) is 9.18. The van der Waals surface area contributed by atoms with E-state index in [1.165, 1.54) is 0 Å². The Kier molecular flexibility index (Phi) is 5.25. The lowest BCUT2D eigenvalue weighted by Gasteiger charge is -2.23. The van der Waals surface area contributed by atoms with E-state index >= 15 is 0 Å². The first kappa shape index (κ1) is 13.0. The van der Waals surface area contributed by atoms with Crippen LogP contribution in [0.15, 0.2) is 24.3 Å². The Labute approximate surface area is 96.0 Å². The van der Waals surface area contributed by atoms with E-state index in [1.54, 1.807) is 26.4 Å². The van der Waals surface area contributed by atoms with E-state index in [1.807, 2.05) is 12.1 Å². The van der Waals surface area contributed by atoms with Crippen molar-refractivity contribution in [3.63, 3.8) is 0 Å². The van der Waals surface area contributed by atoms with Gasteiger partial charge in [-0.15, -0.1) is 0 Å². The van der Waals surface area contributed by atoms with Crippen LogP contribution in [0, 0.1) is 5.92 Å². The van der Waals surface area contributed by atoms with Crippen molar-refractivity contribution < 1.29 is 14.6 Å². The minimum atomic E-state index is -0.293. The molecule has 3 N–H and O–H groups in total. The number of phenols is 1. The number of hydrogen-bond acceptors (Lipinski definition) is 4. The average molecular weight is 225 g/mol. The minimum Gasteiger partial charge on any atom is -0.508 e. The highest BCUT2D eigenvalue weighted by Crippen LogP contribution is 2.17. The van der Waals surface area contributed by atoms with Gasteiger partial charge in [-0.2, -0.15) is 0 Å². The topological polar surface area (TPSA) is 64.7 Å². The largest absolute Gasteiger partial charge is 0.508 e. The Balaban J connectivity index is 2.65. The molecule has 90 valence electrons. The van der Waals surface area contributed by atoms with E-state index in [2.05, 4.69) is 0 Å². The number of nitrogens with two attached hydrogens (primary N) is 1. The van der Waals surface area contributed by atoms with Gasteiger partial charge in [0.25, 0.3) is 0 Å². The molecular weight excluding hydrogens is 206 g/mol. The molecule has 1 aromatic rings. The van der Waals surface area contributed by atoms with Gasteiger partial charge in [0.05, 0.1) is 0 Å². The fraction of sp³-hybridized carbons (Fsp3) is 0.500. The van der Waals surface area contributed by atoms with Crippen molar-refractivity contribution in [2.24, 2.45) is 11.7 Å². The van der Waals surface area contributed by atoms with Crippen molar-refractivity contribution in [2.75, 3.05) is 20.8 Å². The fourth-order valence-corrected chi connectivity index (χ4v) is 1.71. The van der Waals surface area contributed by atoms with E-state index in [9.17, 15) is 5.11 Å². The third-order valence-electron chi connectivity index (χ3n) is 2.59. The van der Waals surface area contributed by atoms with E-state index in [4.69, 9.17) is 15.2 Å². The zero-order valence-electron chi connectivity index (χ0n) is 9.72. The molecule has 0 aromatic heterocycles. The predicted molar refractivity (Wildman–Crippen MR) is 62.2 cm³/mol. The molecule has 0 amide bonds. The summed E-state index contributed by atoms with van der Waals surface area (Å²) < 4.78 is 10.4. The first-order valence-corrected chi connectivity index (χ1v) is 5.24. The van der Waals surface area contributed by atoms with E-state index in [-0.39, 0.29) is 18.0 Å². The number of phenolic OH excluding ortho intramolecular Hbond substituents is 1. The van der Waals surface area contributed by atoms with Gasteiger partial charge < -0.3 is 20.3 Å². The van der Waals surface area contributed by atoms with Gasteiger partial charge in [0.1, 0.15) is 5.75 Å². The monoisotopic (exact) mass is 225 g/mol. The van der Waals surface area contributed by atoms with Crippen LogP contribution in [-0.2, 0) is 15.9 Å². The Morgan fingerprint density at radius 1 is 1.19 bits per heavy atom. The van der Waals surface area contributed by atoms with Crippen LogP contribution < -0.4 is 5.73 Å². The number of ether oxygens (including phenoxy) is 2. The maximum absolute atomic E-state index is 9.18. The maximum Gasteiger partial charge on any atom is 0.161 e. The Morgan fingerprint density at radius 3 is 2.19 bits per heavy atom. The van der Waals surface area contributed by atoms with E-state index in [0.29, 0.717) is 6.54 Å². The lowest BCUT2D eigenvalue weighted by atomic mass is 9.99. The standard InChI is InChI=1S/C12H19NO3/c1-15-12(16-2)10(8-13)7-9-3-5-11(14)6-4-9/h3-6,10,12,14H,7-8,13H2,1-2H3. The second-order valence-electron chi connectivity index (χ2n) is 3.71. The smallest absolute Gasteiger partial charge is 0.161 e. The normalized spacial score (nSPS) is 13.0. The van der Waals surface area contributed by atoms with Crippen LogP contribution in [0.5, 0.6) is 5.75 Å². The molecule has 0 saturated carbocycles. The van der Waals surface area contributed by atoms with Crippen LogP contribution in [0.1, 0.15) is 5.56 Å². The molecule has 1 unspecified atom stereocenters. The quantitative estimate of drug-likeness (QED) is 0.712. The summed E-state index contributed by atoms with van der Waals surface area (Å²) in [5.74, 6) is 0.377. The van der Waals surface area contributed by atoms with Gasteiger partial charge in [0, 0.05) is 26.7 Å². The summed E-state index contributed by atoms with van der Waals surface area (Å²) in [6, 6.07) is 7.08. The highest BCUT2D eigenvalue weighted by atomic mass is 16.7. The molecule has 0 heterocycles. The zero-order chi connectivity index (χ0) is 12.0. The summed E-state index contributed by atoms with van der Waals surface area (Å²) in [7, 11) is 3.21. The summed E-state index contributed by atoms with van der Waals surface area (Å²) in [5.41, 5.74) is 6.80. The lowest BCUT2D eigenvalue weighted by Crippen LogP contribution is -2.32. The third kappa shape index (κ3) is 3.48. The average Bonchev–Trinajstić information content (AvgIpc) is 2.32. The Morgan fingerprint density at radius 2 is 1.75 bits per heavy atom. The first-order chi connectivity index (χ1) is 7.71. The summed E-state index contributed by atoms with van der Waals surface area (Å²) >= 11 is 0. The first-order valence-electron chi connectivity index (χ1n) is 5.24. The number of aromatic hydroxyl groups is 1. The SMILES string of the molecule is COC(OC)C(CN)Cc1ccc(O)cc1. The molecule has 1 rings (SSSR count). The van der Waals surface area contributed by atoms with Crippen molar-refractivity contribution >= 4 is 0 Å². The van der Waals surface area contributed by atoms with Crippen LogP contribution in [0.2, 0.25) is 0 Å². The summed E-state index contributed by atoms with van der Waals surface area (Å²) in [4.78, 5) is 0. The van der Waals surface area contributed by atoms with Crippen molar-refractivity contribution in [2.45, 2.75) is 12.7 Å². The number of benzene rings is 1. The van der Waals surface area contributed by atoms with Crippen LogP contribution in [0.3, 0.4) is 0 Å². The molecule has 1 atom stereocenters. The van der Waals surface area contributed by atoms with Crippen LogP contribution in [0.4, 0.5) is 0 Å². The second kappa shape index (κ2) is 6.48. The molecule has 1 aromatic carbocycles. The summed E-state index contributed by atoms with van der Waals surface area (Å²) in [6.07, 6.45) is 0.474. The predicted octanol–water partition coefficient (Wildman–Crippen LogP) is 1.13. The Hall–Kier alpha value is -1.10. The molecule has 0 saturated heterocycles. The van der Waals surface area contributed by atoms with E-state index in [0.717, 1.165) is 12.0 Å². The van der Waals surface area contributed by atoms with Crippen molar-refractivity contribution in [1.82, 2.24) is 0 Å². The van der Waals surface area contributed by atoms with Gasteiger partial charge in [-0.1, -0.05) is 12.1 Å². The highest BCUT2D eigenvalue weighted by molar-refractivity contribution is 5.26. The molecule has 16 heavy (non-hydrogen) atoms. The molecule has 0 spiro atoms. The molecule has 0 radical (unpaired) electrons. The van der Waals surface area contributed by atoms with Crippen molar-refractivity contribution in [3.8, 4) is 5.75 Å². The number of methoxy groups -OCH3 is 2. The van der Waals surface area contributed by atoms with Gasteiger partial charge in [-0.05, 0) is 24.1 Å². The molecule has 0 aliphatic carbocycles. The maximum atomic E-state index is 9.18. The molecule has 4 nitrogen and oxygen atoms in total. The molecule has 0 bridgehead atoms. The fourth-order valence-electron chi connectivity index (χ4n) is 1.71. The van der Waals surface area contributed by atoms with Crippen molar-refractivity contribution in [3.05, 3.63) is 29.8 Å². The molecule has 0 aliphatic heterocycles. The molecule has 0 aliphatic rings. The van der Waals surface area contributed by atoms with Crippen molar-refractivity contribution in [1.29, 1.82) is 0 Å². The number of rotatable bonds is 6. The van der Waals surface area contributed by atoms with Gasteiger partial charge in [-0.3, -0.25) is 0 Å². The number of hydrogen-bond donors (Lipinski definition) is 2. The molecular formula is C12H19NO3. The third-order valence-corrected chi connectivity index (χ3v) is 2.59. The van der Waals surface area contributed by atoms with Crippen LogP contribution in [-0.4, -0.2) is 32.2 Å². The highest BCUT2D eigenvalue weighted by Gasteiger charge is 2.19. The zero-order valence-corrected chi connectivity index (χ0v) is 9.72. The summed E-state index contributed by atoms with van der Waals surface area (Å²) in [6.45, 7) is 0.493. The second-order valence-corrected chi connectivity index (χ2v) is 3.71. The van der Waals surface area contributed by atoms with Gasteiger partial charge in [0.15, 0.2) is 6.29 Å². The van der Waals surface area contributed by atoms with Gasteiger partial charge in [-0.25, -0.2) is 0 Å². The van der Waals surface area contributed by atoms with E-state index < -0.39 is 0 Å². The lowest BCUT2D eigenvalue weighted by molar-refractivity contribution is -0.134. The van der Waals surface area contributed by atoms with Gasteiger partial charge >= 0.3 is 0 Å². The Bertz CT molecular complexity index is 296. The van der Waals surface area contributed by atoms with Gasteiger partial charge in [0.2, 0.25) is 0 Å². The molecule has 0 fully saturated rings. The minimum absolute atomic E-state index is 0.111. The molecule has 4 heteroatoms. The van der Waals surface area contributed by atoms with Crippen LogP contribution in [0.25, 0.3) is 0 Å². The van der Waals surface area contributed by atoms with Crippen LogP contribution >= 0.6 is 0 Å².